The van der Waals surface area contributed by atoms with Gasteiger partial charge in [-0.05, 0) is 44.9 Å². The van der Waals surface area contributed by atoms with Crippen molar-refractivity contribution >= 4 is 19.8 Å². The van der Waals surface area contributed by atoms with Crippen LogP contribution in [0.3, 0.4) is 0 Å². The number of unbranched alkanes of at least 4 members (excludes halogenated alkanes) is 39. The summed E-state index contributed by atoms with van der Waals surface area (Å²) in [4.78, 5) is 34.8. The number of ether oxygens (including phenoxy) is 2. The van der Waals surface area contributed by atoms with Crippen LogP contribution in [0.5, 0.6) is 0 Å². The Morgan fingerprint density at radius 1 is 0.386 bits per heavy atom. The maximum absolute atomic E-state index is 12.5. The Morgan fingerprint density at radius 2 is 0.629 bits per heavy atom. The van der Waals surface area contributed by atoms with Crippen LogP contribution in [0, 0.1) is 0 Å². The Morgan fingerprint density at radius 3 is 0.886 bits per heavy atom. The van der Waals surface area contributed by atoms with Crippen LogP contribution in [0.1, 0.15) is 303 Å². The Kier molecular flexibility index (Phi) is 54.0. The summed E-state index contributed by atoms with van der Waals surface area (Å²) in [7, 11) is -4.64. The van der Waals surface area contributed by atoms with Crippen LogP contribution in [0.4, 0.5) is 0 Å². The van der Waals surface area contributed by atoms with E-state index in [9.17, 15) is 29.3 Å². The van der Waals surface area contributed by atoms with Gasteiger partial charge in [-0.1, -0.05) is 269 Å². The molecular formula is C59H113O10P. The van der Waals surface area contributed by atoms with Crippen molar-refractivity contribution in [2.45, 2.75) is 315 Å². The summed E-state index contributed by atoms with van der Waals surface area (Å²) in [5.41, 5.74) is 0. The predicted octanol–water partition coefficient (Wildman–Crippen LogP) is 17.6. The minimum absolute atomic E-state index is 0.193. The molecule has 11 heteroatoms. The lowest BCUT2D eigenvalue weighted by molar-refractivity contribution is -0.153. The molecule has 414 valence electrons. The maximum Gasteiger partial charge on any atom is 0.472 e. The summed E-state index contributed by atoms with van der Waals surface area (Å²) < 4.78 is 32.9. The van der Waals surface area contributed by atoms with E-state index in [1.807, 2.05) is 0 Å². The SMILES string of the molecule is CCCCCCC/C=C\C/C=C\CCCCCCCCCCCCCC(=O)OC(CO)COP(=O)(O)OCC(CO)OC(=O)CCCCCCCCCCCCCCCCCCCCCCCCCC. The van der Waals surface area contributed by atoms with Gasteiger partial charge in [-0.15, -0.1) is 0 Å². The zero-order chi connectivity index (χ0) is 51.1. The lowest BCUT2D eigenvalue weighted by Crippen LogP contribution is -2.28. The van der Waals surface area contributed by atoms with E-state index in [2.05, 4.69) is 38.2 Å². The molecule has 0 amide bonds. The van der Waals surface area contributed by atoms with Crippen molar-refractivity contribution in [3.8, 4) is 0 Å². The number of carbonyl (C=O) groups excluding carboxylic acids is 2. The molecule has 10 nitrogen and oxygen atoms in total. The Balaban J connectivity index is 3.74. The van der Waals surface area contributed by atoms with Gasteiger partial charge in [0.2, 0.25) is 0 Å². The first-order chi connectivity index (χ1) is 34.3. The van der Waals surface area contributed by atoms with Crippen LogP contribution in [0.15, 0.2) is 24.3 Å². The first kappa shape index (κ1) is 68.5. The lowest BCUT2D eigenvalue weighted by Gasteiger charge is -2.20. The van der Waals surface area contributed by atoms with Gasteiger partial charge in [0.1, 0.15) is 12.2 Å². The average Bonchev–Trinajstić information content (AvgIpc) is 3.35. The second-order valence-corrected chi connectivity index (χ2v) is 21.8. The van der Waals surface area contributed by atoms with Crippen molar-refractivity contribution in [1.29, 1.82) is 0 Å². The van der Waals surface area contributed by atoms with Crippen LogP contribution in [-0.2, 0) is 32.7 Å². The van der Waals surface area contributed by atoms with Crippen LogP contribution < -0.4 is 0 Å². The summed E-state index contributed by atoms with van der Waals surface area (Å²) >= 11 is 0. The number of rotatable bonds is 57. The van der Waals surface area contributed by atoms with Gasteiger partial charge in [-0.25, -0.2) is 4.57 Å². The standard InChI is InChI=1S/C59H113O10P/c1-3-5-7-9-11-13-15-17-19-21-23-25-27-29-31-33-35-37-39-41-43-45-47-49-51-59(63)69-57(53-61)55-67-70(64,65)66-54-56(52-60)68-58(62)50-48-46-44-42-40-38-36-34-32-30-28-26-24-22-20-18-16-14-12-10-8-6-4-2/h16,18,22,24,56-57,60-61H,3-15,17,19-21,23,25-55H2,1-2H3,(H,64,65)/b18-16-,24-22-. The van der Waals surface area contributed by atoms with Gasteiger partial charge >= 0.3 is 19.8 Å². The molecule has 0 heterocycles. The fourth-order valence-corrected chi connectivity index (χ4v) is 9.64. The van der Waals surface area contributed by atoms with Crippen LogP contribution in [-0.4, -0.2) is 65.7 Å². The van der Waals surface area contributed by atoms with E-state index in [0.717, 1.165) is 44.9 Å². The van der Waals surface area contributed by atoms with E-state index in [1.165, 1.54) is 218 Å². The molecule has 0 radical (unpaired) electrons. The normalized spacial score (nSPS) is 13.6. The highest BCUT2D eigenvalue weighted by Gasteiger charge is 2.27. The molecule has 0 fully saturated rings. The van der Waals surface area contributed by atoms with Crippen LogP contribution in [0.25, 0.3) is 0 Å². The van der Waals surface area contributed by atoms with Crippen molar-refractivity contribution in [1.82, 2.24) is 0 Å². The third-order valence-corrected chi connectivity index (χ3v) is 14.4. The number of allylic oxidation sites excluding steroid dienone is 4. The molecule has 0 aromatic carbocycles. The Bertz CT molecular complexity index is 1210. The molecule has 0 aliphatic carbocycles. The van der Waals surface area contributed by atoms with E-state index in [-0.39, 0.29) is 12.8 Å². The van der Waals surface area contributed by atoms with Gasteiger partial charge < -0.3 is 24.6 Å². The quantitative estimate of drug-likeness (QED) is 0.0233. The number of esters is 2. The number of aliphatic hydroxyl groups is 2. The fraction of sp³-hybridized carbons (Fsp3) is 0.898. The lowest BCUT2D eigenvalue weighted by atomic mass is 10.0. The monoisotopic (exact) mass is 1010 g/mol. The van der Waals surface area contributed by atoms with Gasteiger partial charge in [0.05, 0.1) is 26.4 Å². The molecule has 70 heavy (non-hydrogen) atoms. The highest BCUT2D eigenvalue weighted by molar-refractivity contribution is 7.47. The van der Waals surface area contributed by atoms with Gasteiger partial charge in [0.15, 0.2) is 0 Å². The van der Waals surface area contributed by atoms with Crippen LogP contribution >= 0.6 is 7.82 Å². The summed E-state index contributed by atoms with van der Waals surface area (Å²) in [6.07, 6.45) is 61.7. The van der Waals surface area contributed by atoms with E-state index < -0.39 is 58.4 Å². The molecule has 0 spiro atoms. The predicted molar refractivity (Wildman–Crippen MR) is 293 cm³/mol. The molecule has 0 saturated carbocycles. The maximum atomic E-state index is 12.5. The van der Waals surface area contributed by atoms with Gasteiger partial charge in [-0.2, -0.15) is 0 Å². The van der Waals surface area contributed by atoms with Crippen molar-refractivity contribution in [3.05, 3.63) is 24.3 Å². The number of hydrogen-bond acceptors (Lipinski definition) is 9. The second-order valence-electron chi connectivity index (χ2n) is 20.3. The van der Waals surface area contributed by atoms with Crippen molar-refractivity contribution in [2.75, 3.05) is 26.4 Å². The average molecular weight is 1010 g/mol. The van der Waals surface area contributed by atoms with Gasteiger partial charge in [0.25, 0.3) is 0 Å². The third kappa shape index (κ3) is 52.8. The number of hydrogen-bond donors (Lipinski definition) is 3. The van der Waals surface area contributed by atoms with Crippen molar-refractivity contribution in [3.63, 3.8) is 0 Å². The summed E-state index contributed by atoms with van der Waals surface area (Å²) in [5, 5.41) is 19.3. The number of phosphoric ester groups is 1. The molecule has 0 aromatic rings. The molecule has 0 saturated heterocycles. The molecule has 3 unspecified atom stereocenters. The van der Waals surface area contributed by atoms with Crippen molar-refractivity contribution in [2.24, 2.45) is 0 Å². The Labute approximate surface area is 431 Å². The number of carbonyl (C=O) groups is 2. The summed E-state index contributed by atoms with van der Waals surface area (Å²) in [5.74, 6) is -1.00. The molecule has 0 aromatic heterocycles. The van der Waals surface area contributed by atoms with Gasteiger partial charge in [0, 0.05) is 12.8 Å². The Hall–Kier alpha value is -1.55. The third-order valence-electron chi connectivity index (χ3n) is 13.4. The molecule has 3 atom stereocenters. The second kappa shape index (κ2) is 55.2. The van der Waals surface area contributed by atoms with Crippen molar-refractivity contribution < 1.29 is 47.8 Å². The number of phosphoric acid groups is 1. The summed E-state index contributed by atoms with van der Waals surface area (Å²) in [6, 6.07) is 0. The molecule has 0 bridgehead atoms. The zero-order valence-electron chi connectivity index (χ0n) is 45.8. The number of aliphatic hydroxyl groups excluding tert-OH is 2. The van der Waals surface area contributed by atoms with E-state index in [4.69, 9.17) is 18.5 Å². The molecule has 0 aliphatic heterocycles. The zero-order valence-corrected chi connectivity index (χ0v) is 46.7. The largest absolute Gasteiger partial charge is 0.472 e. The topological polar surface area (TPSA) is 149 Å². The minimum atomic E-state index is -4.64. The molecule has 0 aliphatic rings. The molecule has 3 N–H and O–H groups in total. The van der Waals surface area contributed by atoms with E-state index in [1.54, 1.807) is 0 Å². The highest BCUT2D eigenvalue weighted by Crippen LogP contribution is 2.43. The first-order valence-corrected chi connectivity index (χ1v) is 31.3. The molecular weight excluding hydrogens is 900 g/mol. The minimum Gasteiger partial charge on any atom is -0.457 e. The fourth-order valence-electron chi connectivity index (χ4n) is 8.86. The highest BCUT2D eigenvalue weighted by atomic mass is 31.2. The van der Waals surface area contributed by atoms with E-state index >= 15 is 0 Å². The van der Waals surface area contributed by atoms with Crippen LogP contribution in [0.2, 0.25) is 0 Å². The van der Waals surface area contributed by atoms with E-state index in [0.29, 0.717) is 12.8 Å². The van der Waals surface area contributed by atoms with Gasteiger partial charge in [-0.3, -0.25) is 18.6 Å². The molecule has 0 rings (SSSR count). The first-order valence-electron chi connectivity index (χ1n) is 29.8. The smallest absolute Gasteiger partial charge is 0.457 e. The summed E-state index contributed by atoms with van der Waals surface area (Å²) in [6.45, 7) is 2.27.